The molecule has 0 bridgehead atoms. The molecule has 0 radical (unpaired) electrons. The van der Waals surface area contributed by atoms with Crippen LogP contribution in [0.4, 0.5) is 0 Å². The molecule has 1 N–H and O–H groups in total. The van der Waals surface area contributed by atoms with Crippen LogP contribution in [0.3, 0.4) is 0 Å². The number of hydrogen-bond acceptors (Lipinski definition) is 3. The number of carbonyl (C=O) groups excluding carboxylic acids is 1. The average Bonchev–Trinajstić information content (AvgIpc) is 2.65. The Bertz CT molecular complexity index is 281. The highest BCUT2D eigenvalue weighted by Crippen LogP contribution is 2.04. The van der Waals surface area contributed by atoms with Gasteiger partial charge in [-0.05, 0) is 20.3 Å². The fourth-order valence-corrected chi connectivity index (χ4v) is 1.28. The monoisotopic (exact) mass is 196 g/mol. The van der Waals surface area contributed by atoms with Crippen molar-refractivity contribution in [1.29, 1.82) is 0 Å². The lowest BCUT2D eigenvalue weighted by Gasteiger charge is -2.24. The Morgan fingerprint density at radius 2 is 2.36 bits per heavy atom. The van der Waals surface area contributed by atoms with Crippen molar-refractivity contribution in [1.82, 2.24) is 20.1 Å². The van der Waals surface area contributed by atoms with Gasteiger partial charge in [-0.3, -0.25) is 9.89 Å². The molecule has 0 aliphatic rings. The van der Waals surface area contributed by atoms with Crippen LogP contribution in [0.15, 0.2) is 6.33 Å². The van der Waals surface area contributed by atoms with Crippen molar-refractivity contribution in [3.63, 3.8) is 0 Å². The van der Waals surface area contributed by atoms with Crippen LogP contribution >= 0.6 is 0 Å². The van der Waals surface area contributed by atoms with Crippen LogP contribution < -0.4 is 0 Å². The van der Waals surface area contributed by atoms with Crippen LogP contribution in [0, 0.1) is 0 Å². The zero-order valence-corrected chi connectivity index (χ0v) is 8.82. The molecule has 1 aromatic rings. The minimum atomic E-state index is -0.0839. The number of nitrogens with one attached hydrogen (secondary N) is 1. The van der Waals surface area contributed by atoms with Gasteiger partial charge < -0.3 is 4.90 Å². The van der Waals surface area contributed by atoms with E-state index in [0.717, 1.165) is 13.0 Å². The number of nitrogens with zero attached hydrogens (tertiary/aromatic N) is 3. The maximum atomic E-state index is 11.8. The number of carbonyl (C=O) groups is 1. The van der Waals surface area contributed by atoms with Crippen molar-refractivity contribution in [3.8, 4) is 0 Å². The van der Waals surface area contributed by atoms with E-state index < -0.39 is 0 Å². The minimum Gasteiger partial charge on any atom is -0.334 e. The van der Waals surface area contributed by atoms with Crippen molar-refractivity contribution < 1.29 is 4.79 Å². The molecule has 0 spiro atoms. The van der Waals surface area contributed by atoms with Gasteiger partial charge in [-0.15, -0.1) is 0 Å². The van der Waals surface area contributed by atoms with Gasteiger partial charge in [0.25, 0.3) is 5.91 Å². The fourth-order valence-electron chi connectivity index (χ4n) is 1.28. The number of amides is 1. The van der Waals surface area contributed by atoms with Crippen molar-refractivity contribution >= 4 is 5.91 Å². The summed E-state index contributed by atoms with van der Waals surface area (Å²) in [7, 11) is 0. The van der Waals surface area contributed by atoms with E-state index in [9.17, 15) is 4.79 Å². The van der Waals surface area contributed by atoms with E-state index >= 15 is 0 Å². The first-order valence-electron chi connectivity index (χ1n) is 4.83. The van der Waals surface area contributed by atoms with E-state index in [4.69, 9.17) is 0 Å². The van der Waals surface area contributed by atoms with E-state index in [1.165, 1.54) is 6.33 Å². The van der Waals surface area contributed by atoms with Gasteiger partial charge in [-0.25, -0.2) is 4.98 Å². The smallest absolute Gasteiger partial charge is 0.291 e. The highest BCUT2D eigenvalue weighted by atomic mass is 16.2. The Morgan fingerprint density at radius 3 is 2.79 bits per heavy atom. The summed E-state index contributed by atoms with van der Waals surface area (Å²) in [5.41, 5.74) is 0. The van der Waals surface area contributed by atoms with Crippen molar-refractivity contribution in [2.75, 3.05) is 6.54 Å². The first-order chi connectivity index (χ1) is 6.66. The fraction of sp³-hybridized carbons (Fsp3) is 0.667. The second kappa shape index (κ2) is 4.74. The molecule has 78 valence electrons. The Morgan fingerprint density at radius 1 is 1.64 bits per heavy atom. The lowest BCUT2D eigenvalue weighted by molar-refractivity contribution is 0.0694. The SMILES string of the molecule is CCCN(C(=O)c1ncn[nH]1)C(C)C. The van der Waals surface area contributed by atoms with E-state index in [1.54, 1.807) is 4.90 Å². The van der Waals surface area contributed by atoms with Crippen LogP contribution in [0.2, 0.25) is 0 Å². The second-order valence-corrected chi connectivity index (χ2v) is 3.43. The Labute approximate surface area is 83.5 Å². The van der Waals surface area contributed by atoms with Gasteiger partial charge >= 0.3 is 0 Å². The summed E-state index contributed by atoms with van der Waals surface area (Å²) >= 11 is 0. The predicted molar refractivity (Wildman–Crippen MR) is 52.8 cm³/mol. The molecule has 0 unspecified atom stereocenters. The molecule has 5 nitrogen and oxygen atoms in total. The van der Waals surface area contributed by atoms with Gasteiger partial charge in [0.15, 0.2) is 0 Å². The number of aromatic nitrogens is 3. The van der Waals surface area contributed by atoms with Gasteiger partial charge in [0.05, 0.1) is 0 Å². The Kier molecular flexibility index (Phi) is 3.62. The van der Waals surface area contributed by atoms with E-state index in [-0.39, 0.29) is 11.9 Å². The molecule has 0 saturated carbocycles. The van der Waals surface area contributed by atoms with Gasteiger partial charge in [-0.2, -0.15) is 5.10 Å². The molecule has 5 heteroatoms. The topological polar surface area (TPSA) is 61.9 Å². The minimum absolute atomic E-state index is 0.0839. The maximum absolute atomic E-state index is 11.8. The summed E-state index contributed by atoms with van der Waals surface area (Å²) in [6, 6.07) is 0.188. The molecule has 1 amide bonds. The number of aromatic amines is 1. The van der Waals surface area contributed by atoms with Gasteiger partial charge in [0.1, 0.15) is 6.33 Å². The second-order valence-electron chi connectivity index (χ2n) is 3.43. The largest absolute Gasteiger partial charge is 0.334 e. The summed E-state index contributed by atoms with van der Waals surface area (Å²) < 4.78 is 0. The average molecular weight is 196 g/mol. The maximum Gasteiger partial charge on any atom is 0.291 e. The normalized spacial score (nSPS) is 10.6. The number of hydrogen-bond donors (Lipinski definition) is 1. The van der Waals surface area contributed by atoms with Gasteiger partial charge in [0, 0.05) is 12.6 Å². The van der Waals surface area contributed by atoms with Crippen molar-refractivity contribution in [2.24, 2.45) is 0 Å². The summed E-state index contributed by atoms with van der Waals surface area (Å²) in [4.78, 5) is 17.5. The molecule has 0 aliphatic heterocycles. The molecule has 1 aromatic heterocycles. The van der Waals surface area contributed by atoms with Crippen LogP contribution in [0.5, 0.6) is 0 Å². The molecular formula is C9H16N4O. The number of rotatable bonds is 4. The molecule has 1 rings (SSSR count). The van der Waals surface area contributed by atoms with Crippen LogP contribution in [0.25, 0.3) is 0 Å². The highest BCUT2D eigenvalue weighted by Gasteiger charge is 2.19. The third-order valence-corrected chi connectivity index (χ3v) is 1.97. The third kappa shape index (κ3) is 2.31. The van der Waals surface area contributed by atoms with Gasteiger partial charge in [0.2, 0.25) is 5.82 Å². The number of H-pyrrole nitrogens is 1. The summed E-state index contributed by atoms with van der Waals surface area (Å²) in [5, 5.41) is 6.24. The lowest BCUT2D eigenvalue weighted by Crippen LogP contribution is -2.38. The van der Waals surface area contributed by atoms with Crippen LogP contribution in [-0.4, -0.2) is 38.6 Å². The first kappa shape index (κ1) is 10.7. The lowest BCUT2D eigenvalue weighted by atomic mass is 10.3. The molecule has 0 aromatic carbocycles. The zero-order chi connectivity index (χ0) is 10.6. The van der Waals surface area contributed by atoms with E-state index in [1.807, 2.05) is 20.8 Å². The van der Waals surface area contributed by atoms with Crippen LogP contribution in [-0.2, 0) is 0 Å². The van der Waals surface area contributed by atoms with Crippen molar-refractivity contribution in [2.45, 2.75) is 33.2 Å². The molecule has 0 atom stereocenters. The predicted octanol–water partition coefficient (Wildman–Crippen LogP) is 1.07. The highest BCUT2D eigenvalue weighted by molar-refractivity contribution is 5.90. The molecule has 0 aliphatic carbocycles. The van der Waals surface area contributed by atoms with Gasteiger partial charge in [-0.1, -0.05) is 6.92 Å². The summed E-state index contributed by atoms with van der Waals surface area (Å²) in [5.74, 6) is 0.228. The summed E-state index contributed by atoms with van der Waals surface area (Å²) in [6.07, 6.45) is 2.29. The standard InChI is InChI=1S/C9H16N4O/c1-4-5-13(7(2)3)9(14)8-10-6-11-12-8/h6-7H,4-5H2,1-3H3,(H,10,11,12). The molecule has 0 saturated heterocycles. The van der Waals surface area contributed by atoms with E-state index in [0.29, 0.717) is 5.82 Å². The quantitative estimate of drug-likeness (QED) is 0.783. The zero-order valence-electron chi connectivity index (χ0n) is 8.82. The third-order valence-electron chi connectivity index (χ3n) is 1.97. The Hall–Kier alpha value is -1.39. The van der Waals surface area contributed by atoms with E-state index in [2.05, 4.69) is 15.2 Å². The molecule has 14 heavy (non-hydrogen) atoms. The van der Waals surface area contributed by atoms with Crippen LogP contribution in [0.1, 0.15) is 37.8 Å². The molecule has 1 heterocycles. The Balaban J connectivity index is 2.74. The summed E-state index contributed by atoms with van der Waals surface area (Å²) in [6.45, 7) is 6.77. The first-order valence-corrected chi connectivity index (χ1v) is 4.83. The van der Waals surface area contributed by atoms with Crippen molar-refractivity contribution in [3.05, 3.63) is 12.2 Å². The molecular weight excluding hydrogens is 180 g/mol. The molecule has 0 fully saturated rings.